The van der Waals surface area contributed by atoms with Gasteiger partial charge >= 0.3 is 0 Å². The summed E-state index contributed by atoms with van der Waals surface area (Å²) in [4.78, 5) is 12.6. The summed E-state index contributed by atoms with van der Waals surface area (Å²) in [7, 11) is -2.28. The molecule has 0 unspecified atom stereocenters. The maximum absolute atomic E-state index is 13.2. The number of ether oxygens (including phenoxy) is 1. The molecular weight excluding hydrogens is 352 g/mol. The highest BCUT2D eigenvalue weighted by Crippen LogP contribution is 2.34. The van der Waals surface area contributed by atoms with Gasteiger partial charge in [-0.2, -0.15) is 0 Å². The average Bonchev–Trinajstić information content (AvgIpc) is 3.35. The van der Waals surface area contributed by atoms with Crippen molar-refractivity contribution >= 4 is 21.6 Å². The van der Waals surface area contributed by atoms with E-state index < -0.39 is 10.0 Å². The third-order valence-electron chi connectivity index (χ3n) is 4.76. The van der Waals surface area contributed by atoms with E-state index in [1.54, 1.807) is 0 Å². The van der Waals surface area contributed by atoms with E-state index in [0.29, 0.717) is 24.4 Å². The summed E-state index contributed by atoms with van der Waals surface area (Å²) in [6.45, 7) is 0.400. The first kappa shape index (κ1) is 16.9. The van der Waals surface area contributed by atoms with Gasteiger partial charge in [0.25, 0.3) is 15.9 Å². The molecule has 1 aliphatic heterocycles. The summed E-state index contributed by atoms with van der Waals surface area (Å²) in [5, 5.41) is 2.88. The van der Waals surface area contributed by atoms with Crippen LogP contribution in [0.1, 0.15) is 28.8 Å². The molecule has 0 aromatic heterocycles. The number of fused-ring (bicyclic) bond motifs is 1. The molecule has 1 heterocycles. The van der Waals surface area contributed by atoms with Gasteiger partial charge in [-0.25, -0.2) is 8.42 Å². The van der Waals surface area contributed by atoms with Crippen LogP contribution in [0.25, 0.3) is 0 Å². The number of hydrogen-bond acceptors (Lipinski definition) is 4. The Morgan fingerprint density at radius 2 is 1.96 bits per heavy atom. The van der Waals surface area contributed by atoms with Crippen molar-refractivity contribution in [3.05, 3.63) is 53.6 Å². The summed E-state index contributed by atoms with van der Waals surface area (Å²) in [6, 6.07) is 12.1. The molecule has 1 N–H and O–H groups in total. The van der Waals surface area contributed by atoms with Crippen molar-refractivity contribution < 1.29 is 17.9 Å². The van der Waals surface area contributed by atoms with E-state index in [1.165, 1.54) is 29.6 Å². The van der Waals surface area contributed by atoms with Gasteiger partial charge in [0.05, 0.1) is 23.3 Å². The lowest BCUT2D eigenvalue weighted by atomic mass is 10.2. The lowest BCUT2D eigenvalue weighted by Gasteiger charge is -2.20. The third kappa shape index (κ3) is 2.92. The molecule has 0 bridgehead atoms. The lowest BCUT2D eigenvalue weighted by Crippen LogP contribution is -2.30. The highest BCUT2D eigenvalue weighted by atomic mass is 32.2. The van der Waals surface area contributed by atoms with Crippen LogP contribution in [0.2, 0.25) is 0 Å². The largest absolute Gasteiger partial charge is 0.496 e. The first-order valence-corrected chi connectivity index (χ1v) is 10.0. The van der Waals surface area contributed by atoms with Crippen LogP contribution in [0.15, 0.2) is 47.4 Å². The molecule has 2 aromatic carbocycles. The summed E-state index contributed by atoms with van der Waals surface area (Å²) >= 11 is 0. The molecule has 6 nitrogen and oxygen atoms in total. The molecule has 7 heteroatoms. The van der Waals surface area contributed by atoms with Gasteiger partial charge in [0.1, 0.15) is 5.75 Å². The number of nitrogens with zero attached hydrogens (tertiary/aromatic N) is 1. The average molecular weight is 372 g/mol. The molecule has 26 heavy (non-hydrogen) atoms. The Morgan fingerprint density at radius 1 is 1.19 bits per heavy atom. The Balaban J connectivity index is 1.72. The van der Waals surface area contributed by atoms with Crippen LogP contribution in [0.5, 0.6) is 5.75 Å². The molecule has 2 aromatic rings. The second-order valence-corrected chi connectivity index (χ2v) is 8.43. The van der Waals surface area contributed by atoms with Gasteiger partial charge in [0.15, 0.2) is 0 Å². The molecule has 1 aliphatic carbocycles. The lowest BCUT2D eigenvalue weighted by molar-refractivity contribution is 0.0948. The van der Waals surface area contributed by atoms with Crippen molar-refractivity contribution in [2.45, 2.75) is 30.2 Å². The molecule has 136 valence electrons. The number of nitrogens with one attached hydrogen (secondary N) is 1. The van der Waals surface area contributed by atoms with Gasteiger partial charge in [-0.05, 0) is 49.1 Å². The van der Waals surface area contributed by atoms with Crippen molar-refractivity contribution in [1.82, 2.24) is 5.32 Å². The van der Waals surface area contributed by atoms with E-state index in [-0.39, 0.29) is 22.4 Å². The van der Waals surface area contributed by atoms with E-state index in [0.717, 1.165) is 18.4 Å². The van der Waals surface area contributed by atoms with Crippen LogP contribution < -0.4 is 14.4 Å². The van der Waals surface area contributed by atoms with Crippen molar-refractivity contribution in [3.63, 3.8) is 0 Å². The van der Waals surface area contributed by atoms with Crippen LogP contribution in [-0.4, -0.2) is 34.0 Å². The number of hydrogen-bond donors (Lipinski definition) is 1. The molecule has 0 radical (unpaired) electrons. The van der Waals surface area contributed by atoms with Crippen LogP contribution in [0.3, 0.4) is 0 Å². The Morgan fingerprint density at radius 3 is 2.69 bits per heavy atom. The Hall–Kier alpha value is -2.54. The fraction of sp³-hybridized carbons (Fsp3) is 0.316. The topological polar surface area (TPSA) is 75.7 Å². The fourth-order valence-corrected chi connectivity index (χ4v) is 4.73. The van der Waals surface area contributed by atoms with Crippen molar-refractivity contribution in [1.29, 1.82) is 0 Å². The molecule has 0 atom stereocenters. The molecule has 2 aliphatic rings. The first-order chi connectivity index (χ1) is 12.5. The molecule has 4 rings (SSSR count). The summed E-state index contributed by atoms with van der Waals surface area (Å²) in [5.74, 6) is 0.0622. The first-order valence-electron chi connectivity index (χ1n) is 8.60. The fourth-order valence-electron chi connectivity index (χ4n) is 3.20. The highest BCUT2D eigenvalue weighted by molar-refractivity contribution is 7.92. The number of benzene rings is 2. The predicted molar refractivity (Wildman–Crippen MR) is 98.2 cm³/mol. The minimum absolute atomic E-state index is 0.0935. The summed E-state index contributed by atoms with van der Waals surface area (Å²) < 4.78 is 33.0. The minimum atomic E-state index is -3.75. The van der Waals surface area contributed by atoms with Crippen LogP contribution >= 0.6 is 0 Å². The third-order valence-corrected chi connectivity index (χ3v) is 6.57. The minimum Gasteiger partial charge on any atom is -0.496 e. The standard InChI is InChI=1S/C19H20N2O4S/c1-25-18-9-8-15(12-16(18)19(22)20-14-6-7-14)26(23,24)21-11-10-13-4-2-3-5-17(13)21/h2-5,8-9,12,14H,6-7,10-11H2,1H3,(H,20,22). The maximum atomic E-state index is 13.2. The Labute approximate surface area is 152 Å². The SMILES string of the molecule is COc1ccc(S(=O)(=O)N2CCc3ccccc32)cc1C(=O)NC1CC1. The molecule has 1 saturated carbocycles. The number of methoxy groups -OCH3 is 1. The Kier molecular flexibility index (Phi) is 4.11. The zero-order chi connectivity index (χ0) is 18.3. The molecule has 0 saturated heterocycles. The number of carbonyl (C=O) groups is 1. The summed E-state index contributed by atoms with van der Waals surface area (Å²) in [5.41, 5.74) is 1.96. The number of anilines is 1. The summed E-state index contributed by atoms with van der Waals surface area (Å²) in [6.07, 6.45) is 2.59. The van der Waals surface area contributed by atoms with Crippen molar-refractivity contribution in [3.8, 4) is 5.75 Å². The van der Waals surface area contributed by atoms with Crippen LogP contribution in [-0.2, 0) is 16.4 Å². The number of sulfonamides is 1. The second-order valence-electron chi connectivity index (χ2n) is 6.57. The molecule has 1 amide bonds. The zero-order valence-corrected chi connectivity index (χ0v) is 15.3. The van der Waals surface area contributed by atoms with Gasteiger partial charge in [-0.15, -0.1) is 0 Å². The van der Waals surface area contributed by atoms with Gasteiger partial charge < -0.3 is 10.1 Å². The number of carbonyl (C=O) groups excluding carboxylic acids is 1. The number of rotatable bonds is 5. The molecular formula is C19H20N2O4S. The van der Waals surface area contributed by atoms with Gasteiger partial charge in [-0.1, -0.05) is 18.2 Å². The number of amides is 1. The van der Waals surface area contributed by atoms with Crippen molar-refractivity contribution in [2.24, 2.45) is 0 Å². The van der Waals surface area contributed by atoms with E-state index in [4.69, 9.17) is 4.74 Å². The van der Waals surface area contributed by atoms with E-state index in [2.05, 4.69) is 5.32 Å². The molecule has 1 fully saturated rings. The van der Waals surface area contributed by atoms with Gasteiger partial charge in [0.2, 0.25) is 0 Å². The normalized spacial score (nSPS) is 16.3. The number of para-hydroxylation sites is 1. The van der Waals surface area contributed by atoms with Gasteiger partial charge in [0, 0.05) is 12.6 Å². The molecule has 0 spiro atoms. The van der Waals surface area contributed by atoms with E-state index in [1.807, 2.05) is 24.3 Å². The second kappa shape index (κ2) is 6.32. The highest BCUT2D eigenvalue weighted by Gasteiger charge is 2.32. The monoisotopic (exact) mass is 372 g/mol. The predicted octanol–water partition coefficient (Wildman–Crippen LogP) is 2.34. The van der Waals surface area contributed by atoms with Crippen molar-refractivity contribution in [2.75, 3.05) is 18.0 Å². The van der Waals surface area contributed by atoms with E-state index >= 15 is 0 Å². The maximum Gasteiger partial charge on any atom is 0.264 e. The van der Waals surface area contributed by atoms with Crippen LogP contribution in [0, 0.1) is 0 Å². The zero-order valence-electron chi connectivity index (χ0n) is 14.4. The Bertz CT molecular complexity index is 967. The van der Waals surface area contributed by atoms with E-state index in [9.17, 15) is 13.2 Å². The smallest absolute Gasteiger partial charge is 0.264 e. The quantitative estimate of drug-likeness (QED) is 0.874. The van der Waals surface area contributed by atoms with Crippen LogP contribution in [0.4, 0.5) is 5.69 Å². The van der Waals surface area contributed by atoms with Gasteiger partial charge in [-0.3, -0.25) is 9.10 Å².